The summed E-state index contributed by atoms with van der Waals surface area (Å²) in [6.07, 6.45) is 2.31. The molecule has 7 rings (SSSR count). The van der Waals surface area contributed by atoms with E-state index < -0.39 is 19.8 Å². The number of ether oxygens (including phenoxy) is 2. The quantitative estimate of drug-likeness (QED) is 0.203. The molecule has 0 bridgehead atoms. The number of methoxy groups -OCH3 is 1. The van der Waals surface area contributed by atoms with Crippen LogP contribution in [0.15, 0.2) is 79.4 Å². The van der Waals surface area contributed by atoms with Gasteiger partial charge in [-0.25, -0.2) is 0 Å². The highest BCUT2D eigenvalue weighted by atomic mass is 28.3. The molecule has 2 saturated heterocycles. The summed E-state index contributed by atoms with van der Waals surface area (Å²) in [4.78, 5) is 47.0. The van der Waals surface area contributed by atoms with Crippen molar-refractivity contribution in [2.24, 2.45) is 5.92 Å². The maximum atomic E-state index is 14.8. The Labute approximate surface area is 289 Å². The van der Waals surface area contributed by atoms with Gasteiger partial charge < -0.3 is 29.3 Å². The number of aliphatic hydroxyl groups is 1. The van der Waals surface area contributed by atoms with Crippen LogP contribution in [-0.2, 0) is 37.7 Å². The van der Waals surface area contributed by atoms with Gasteiger partial charge in [-0.3, -0.25) is 14.4 Å². The van der Waals surface area contributed by atoms with E-state index in [1.54, 1.807) is 27.9 Å². The van der Waals surface area contributed by atoms with Gasteiger partial charge in [0, 0.05) is 43.2 Å². The van der Waals surface area contributed by atoms with Gasteiger partial charge in [-0.2, -0.15) is 0 Å². The normalized spacial score (nSPS) is 26.1. The third-order valence-electron chi connectivity index (χ3n) is 11.6. The van der Waals surface area contributed by atoms with Crippen molar-refractivity contribution in [2.75, 3.05) is 36.6 Å². The Morgan fingerprint density at radius 1 is 1.10 bits per heavy atom. The van der Waals surface area contributed by atoms with Gasteiger partial charge in [0.25, 0.3) is 5.91 Å². The minimum Gasteiger partial charge on any atom is -0.497 e. The molecule has 4 heterocycles. The number of carbonyl (C=O) groups is 3. The minimum atomic E-state index is -2.49. The van der Waals surface area contributed by atoms with E-state index >= 15 is 0 Å². The Balaban J connectivity index is 1.32. The number of nitrogens with zero attached hydrogens (tertiary/aromatic N) is 3. The van der Waals surface area contributed by atoms with Crippen molar-refractivity contribution in [3.63, 3.8) is 0 Å². The Morgan fingerprint density at radius 3 is 2.47 bits per heavy atom. The SMILES string of the molecule is C=CCN1C(=O)[C@@]2(O[C@@H](CC(=O)N3Cc4ccccc4C[C@H]3CO)[C@H]([Si](C)(C)c3ccc(OC)cc3)[C@H]2C)c2cc(N3CCC3=O)ccc21. The number of carbonyl (C=O) groups excluding carboxylic acids is 3. The molecule has 2 fully saturated rings. The monoisotopic (exact) mass is 679 g/mol. The Kier molecular flexibility index (Phi) is 8.53. The standard InChI is InChI=1S/C39H45N3O6Si/c1-6-18-41-33-16-11-28(40-19-17-35(40)44)21-32(33)39(38(41)46)25(2)37(49(4,5)31-14-12-30(47-3)13-15-31)34(48-39)22-36(45)42-23-27-10-8-7-9-26(27)20-29(42)24-43/h6-16,21,25,29,34,37,43H,1,17-20,22-24H2,2-5H3/t25-,29+,34+,37-,39+/m1/s1. The number of fused-ring (bicyclic) bond motifs is 3. The number of β-lactam (4-membered cyclic amide) rings is 1. The third kappa shape index (κ3) is 5.23. The van der Waals surface area contributed by atoms with Gasteiger partial charge in [-0.05, 0) is 53.4 Å². The molecule has 0 radical (unpaired) electrons. The summed E-state index contributed by atoms with van der Waals surface area (Å²) in [6.45, 7) is 11.8. The largest absolute Gasteiger partial charge is 0.497 e. The fraction of sp³-hybridized carbons (Fsp3) is 0.410. The zero-order valence-corrected chi connectivity index (χ0v) is 29.7. The number of benzene rings is 3. The first-order valence-electron chi connectivity index (χ1n) is 17.2. The predicted molar refractivity (Wildman–Crippen MR) is 192 cm³/mol. The summed E-state index contributed by atoms with van der Waals surface area (Å²) >= 11 is 0. The summed E-state index contributed by atoms with van der Waals surface area (Å²) < 4.78 is 12.7. The van der Waals surface area contributed by atoms with E-state index in [2.05, 4.69) is 44.8 Å². The fourth-order valence-electron chi connectivity index (χ4n) is 8.90. The fourth-order valence-corrected chi connectivity index (χ4v) is 12.9. The summed E-state index contributed by atoms with van der Waals surface area (Å²) in [5.74, 6) is 0.259. The molecule has 4 aliphatic heterocycles. The van der Waals surface area contributed by atoms with Gasteiger partial charge in [0.15, 0.2) is 5.60 Å². The molecule has 5 atom stereocenters. The maximum Gasteiger partial charge on any atom is 0.264 e. The Morgan fingerprint density at radius 2 is 1.84 bits per heavy atom. The molecule has 0 aromatic heterocycles. The first kappa shape index (κ1) is 33.3. The average Bonchev–Trinajstić information content (AvgIpc) is 3.53. The van der Waals surface area contributed by atoms with Crippen molar-refractivity contribution >= 4 is 42.4 Å². The number of aliphatic hydroxyl groups excluding tert-OH is 1. The molecule has 4 aliphatic rings. The van der Waals surface area contributed by atoms with Crippen molar-refractivity contribution < 1.29 is 29.0 Å². The molecule has 0 unspecified atom stereocenters. The predicted octanol–water partition coefficient (Wildman–Crippen LogP) is 4.52. The molecule has 1 spiro atoms. The molecule has 256 valence electrons. The number of hydrogen-bond donors (Lipinski definition) is 1. The zero-order valence-electron chi connectivity index (χ0n) is 28.7. The highest BCUT2D eigenvalue weighted by molar-refractivity contribution is 6.91. The van der Waals surface area contributed by atoms with Gasteiger partial charge >= 0.3 is 0 Å². The highest BCUT2D eigenvalue weighted by Crippen LogP contribution is 2.60. The number of rotatable bonds is 9. The van der Waals surface area contributed by atoms with Gasteiger partial charge in [0.05, 0.1) is 46.0 Å². The smallest absolute Gasteiger partial charge is 0.264 e. The number of amides is 3. The van der Waals surface area contributed by atoms with E-state index in [1.807, 2.05) is 48.5 Å². The average molecular weight is 680 g/mol. The lowest BCUT2D eigenvalue weighted by atomic mass is 9.82. The molecule has 0 saturated carbocycles. The van der Waals surface area contributed by atoms with E-state index in [0.717, 1.165) is 33.8 Å². The number of anilines is 2. The molecular weight excluding hydrogens is 635 g/mol. The Hall–Kier alpha value is -4.25. The molecule has 10 heteroatoms. The summed E-state index contributed by atoms with van der Waals surface area (Å²) in [5, 5.41) is 11.6. The van der Waals surface area contributed by atoms with E-state index in [-0.39, 0.29) is 48.3 Å². The molecule has 3 amide bonds. The summed E-state index contributed by atoms with van der Waals surface area (Å²) in [5.41, 5.74) is 2.98. The second-order valence-electron chi connectivity index (χ2n) is 14.4. The second-order valence-corrected chi connectivity index (χ2v) is 19.1. The van der Waals surface area contributed by atoms with Crippen LogP contribution in [0.25, 0.3) is 0 Å². The minimum absolute atomic E-state index is 0.0533. The lowest BCUT2D eigenvalue weighted by Gasteiger charge is -2.39. The van der Waals surface area contributed by atoms with Gasteiger partial charge in [-0.1, -0.05) is 67.7 Å². The lowest BCUT2D eigenvalue weighted by Crippen LogP contribution is -2.52. The molecule has 3 aromatic carbocycles. The van der Waals surface area contributed by atoms with Gasteiger partial charge in [-0.15, -0.1) is 6.58 Å². The van der Waals surface area contributed by atoms with E-state index in [0.29, 0.717) is 32.5 Å². The van der Waals surface area contributed by atoms with E-state index in [9.17, 15) is 19.5 Å². The summed E-state index contributed by atoms with van der Waals surface area (Å²) in [7, 11) is -0.843. The van der Waals surface area contributed by atoms with Crippen LogP contribution in [0.1, 0.15) is 36.5 Å². The zero-order chi connectivity index (χ0) is 34.7. The molecule has 9 nitrogen and oxygen atoms in total. The van der Waals surface area contributed by atoms with Crippen molar-refractivity contribution in [3.8, 4) is 5.75 Å². The molecule has 1 N–H and O–H groups in total. The van der Waals surface area contributed by atoms with Crippen LogP contribution in [-0.4, -0.2) is 74.8 Å². The molecular formula is C39H45N3O6Si. The Bertz CT molecular complexity index is 1810. The lowest BCUT2D eigenvalue weighted by molar-refractivity contribution is -0.150. The first-order chi connectivity index (χ1) is 23.5. The van der Waals surface area contributed by atoms with Gasteiger partial charge in [0.1, 0.15) is 5.75 Å². The number of hydrogen-bond acceptors (Lipinski definition) is 6. The van der Waals surface area contributed by atoms with Crippen molar-refractivity contribution in [2.45, 2.75) is 69.1 Å². The van der Waals surface area contributed by atoms with Crippen LogP contribution < -0.4 is 19.7 Å². The van der Waals surface area contributed by atoms with Crippen LogP contribution in [0.2, 0.25) is 18.6 Å². The van der Waals surface area contributed by atoms with E-state index in [4.69, 9.17) is 9.47 Å². The van der Waals surface area contributed by atoms with Crippen LogP contribution in [0.4, 0.5) is 11.4 Å². The highest BCUT2D eigenvalue weighted by Gasteiger charge is 2.66. The van der Waals surface area contributed by atoms with Crippen LogP contribution in [0.5, 0.6) is 5.75 Å². The topological polar surface area (TPSA) is 99.6 Å². The van der Waals surface area contributed by atoms with Crippen LogP contribution in [0.3, 0.4) is 0 Å². The van der Waals surface area contributed by atoms with Crippen LogP contribution >= 0.6 is 0 Å². The molecule has 49 heavy (non-hydrogen) atoms. The van der Waals surface area contributed by atoms with Gasteiger partial charge in [0.2, 0.25) is 11.8 Å². The van der Waals surface area contributed by atoms with Crippen LogP contribution in [0, 0.1) is 5.92 Å². The van der Waals surface area contributed by atoms with Crippen molar-refractivity contribution in [3.05, 3.63) is 96.1 Å². The molecule has 0 aliphatic carbocycles. The second kappa shape index (κ2) is 12.6. The third-order valence-corrected chi connectivity index (χ3v) is 15.9. The summed E-state index contributed by atoms with van der Waals surface area (Å²) in [6, 6.07) is 21.6. The maximum absolute atomic E-state index is 14.8. The van der Waals surface area contributed by atoms with Crippen molar-refractivity contribution in [1.82, 2.24) is 4.90 Å². The van der Waals surface area contributed by atoms with Crippen molar-refractivity contribution in [1.29, 1.82) is 0 Å². The van der Waals surface area contributed by atoms with E-state index in [1.165, 1.54) is 5.19 Å². The molecule has 3 aromatic rings. The first-order valence-corrected chi connectivity index (χ1v) is 20.3.